The third-order valence-electron chi connectivity index (χ3n) is 2.62. The molecule has 16 heavy (non-hydrogen) atoms. The quantitative estimate of drug-likeness (QED) is 0.585. The van der Waals surface area contributed by atoms with Gasteiger partial charge in [-0.05, 0) is 36.5 Å². The Labute approximate surface area is 98.0 Å². The summed E-state index contributed by atoms with van der Waals surface area (Å²) in [5, 5.41) is 0. The van der Waals surface area contributed by atoms with E-state index in [4.69, 9.17) is 5.73 Å². The topological polar surface area (TPSA) is 26.0 Å². The fourth-order valence-electron chi connectivity index (χ4n) is 1.81. The molecule has 1 rings (SSSR count). The molecule has 1 aromatic carbocycles. The first-order chi connectivity index (χ1) is 7.61. The second kappa shape index (κ2) is 5.36. The molecule has 0 aliphatic heterocycles. The third kappa shape index (κ3) is 2.43. The number of rotatable bonds is 5. The van der Waals surface area contributed by atoms with E-state index >= 15 is 0 Å². The highest BCUT2D eigenvalue weighted by molar-refractivity contribution is 5.72. The number of hydrogen-bond acceptors (Lipinski definition) is 1. The van der Waals surface area contributed by atoms with Crippen LogP contribution in [-0.4, -0.2) is 0 Å². The van der Waals surface area contributed by atoms with Crippen molar-refractivity contribution in [1.29, 1.82) is 0 Å². The SMILES string of the molecule is C=CCc1ccc(C(=C)C)c(CC=C)c1N. The summed E-state index contributed by atoms with van der Waals surface area (Å²) in [7, 11) is 0. The van der Waals surface area contributed by atoms with Crippen LogP contribution in [0.25, 0.3) is 5.57 Å². The monoisotopic (exact) mass is 213 g/mol. The first-order valence-electron chi connectivity index (χ1n) is 5.39. The predicted octanol–water partition coefficient (Wildman–Crippen LogP) is 3.76. The summed E-state index contributed by atoms with van der Waals surface area (Å²) in [5.41, 5.74) is 11.4. The molecule has 0 bridgehead atoms. The maximum absolute atomic E-state index is 6.16. The van der Waals surface area contributed by atoms with Gasteiger partial charge in [-0.15, -0.1) is 13.2 Å². The molecule has 0 amide bonds. The summed E-state index contributed by atoms with van der Waals surface area (Å²) >= 11 is 0. The first-order valence-corrected chi connectivity index (χ1v) is 5.39. The van der Waals surface area contributed by atoms with Crippen LogP contribution in [0.1, 0.15) is 23.6 Å². The lowest BCUT2D eigenvalue weighted by Gasteiger charge is -2.14. The van der Waals surface area contributed by atoms with Crippen molar-refractivity contribution in [2.75, 3.05) is 5.73 Å². The van der Waals surface area contributed by atoms with Gasteiger partial charge in [0.25, 0.3) is 0 Å². The predicted molar refractivity (Wildman–Crippen MR) is 73.4 cm³/mol. The van der Waals surface area contributed by atoms with Gasteiger partial charge in [0.2, 0.25) is 0 Å². The molecule has 1 heteroatoms. The van der Waals surface area contributed by atoms with Crippen molar-refractivity contribution in [2.45, 2.75) is 19.8 Å². The number of nitrogens with two attached hydrogens (primary N) is 1. The number of benzene rings is 1. The molecule has 0 heterocycles. The van der Waals surface area contributed by atoms with Gasteiger partial charge in [0.15, 0.2) is 0 Å². The van der Waals surface area contributed by atoms with Gasteiger partial charge in [0.05, 0.1) is 0 Å². The molecular weight excluding hydrogens is 194 g/mol. The Morgan fingerprint density at radius 1 is 1.25 bits per heavy atom. The second-order valence-corrected chi connectivity index (χ2v) is 3.93. The van der Waals surface area contributed by atoms with Crippen molar-refractivity contribution < 1.29 is 0 Å². The molecule has 0 unspecified atom stereocenters. The molecule has 0 atom stereocenters. The van der Waals surface area contributed by atoms with Crippen LogP contribution in [0.15, 0.2) is 44.0 Å². The maximum atomic E-state index is 6.16. The Hall–Kier alpha value is -1.76. The summed E-state index contributed by atoms with van der Waals surface area (Å²) in [5.74, 6) is 0. The summed E-state index contributed by atoms with van der Waals surface area (Å²) < 4.78 is 0. The van der Waals surface area contributed by atoms with Crippen molar-refractivity contribution >= 4 is 11.3 Å². The van der Waals surface area contributed by atoms with Crippen LogP contribution in [0, 0.1) is 0 Å². The molecule has 2 N–H and O–H groups in total. The Bertz CT molecular complexity index is 427. The lowest BCUT2D eigenvalue weighted by atomic mass is 9.94. The molecule has 0 spiro atoms. The lowest BCUT2D eigenvalue weighted by molar-refractivity contribution is 1.20. The fraction of sp³-hybridized carbons (Fsp3) is 0.200. The molecule has 84 valence electrons. The minimum absolute atomic E-state index is 0.777. The van der Waals surface area contributed by atoms with Crippen molar-refractivity contribution in [3.05, 3.63) is 60.7 Å². The van der Waals surface area contributed by atoms with Crippen molar-refractivity contribution in [1.82, 2.24) is 0 Å². The molecule has 0 saturated carbocycles. The van der Waals surface area contributed by atoms with E-state index in [1.54, 1.807) is 0 Å². The zero-order chi connectivity index (χ0) is 12.1. The summed E-state index contributed by atoms with van der Waals surface area (Å²) in [6, 6.07) is 4.13. The van der Waals surface area contributed by atoms with Gasteiger partial charge < -0.3 is 5.73 Å². The van der Waals surface area contributed by atoms with Crippen LogP contribution in [0.2, 0.25) is 0 Å². The molecule has 0 radical (unpaired) electrons. The van der Waals surface area contributed by atoms with Crippen LogP contribution in [-0.2, 0) is 12.8 Å². The van der Waals surface area contributed by atoms with E-state index in [9.17, 15) is 0 Å². The summed E-state index contributed by atoms with van der Waals surface area (Å²) in [6.45, 7) is 13.5. The van der Waals surface area contributed by atoms with Crippen LogP contribution in [0.4, 0.5) is 5.69 Å². The third-order valence-corrected chi connectivity index (χ3v) is 2.62. The molecule has 0 aromatic heterocycles. The maximum Gasteiger partial charge on any atom is 0.0391 e. The van der Waals surface area contributed by atoms with Crippen LogP contribution in [0.5, 0.6) is 0 Å². The molecule has 0 saturated heterocycles. The van der Waals surface area contributed by atoms with Gasteiger partial charge in [0.1, 0.15) is 0 Å². The molecular formula is C15H19N. The molecule has 1 nitrogen and oxygen atoms in total. The standard InChI is InChI=1S/C15H19N/c1-5-7-12-9-10-13(11(3)4)14(8-6-2)15(12)16/h5-6,9-10H,1-3,7-8,16H2,4H3. The zero-order valence-corrected chi connectivity index (χ0v) is 9.92. The molecule has 0 aliphatic carbocycles. The van der Waals surface area contributed by atoms with Crippen molar-refractivity contribution in [2.24, 2.45) is 0 Å². The van der Waals surface area contributed by atoms with E-state index in [1.165, 1.54) is 0 Å². The fourth-order valence-corrected chi connectivity index (χ4v) is 1.81. The average molecular weight is 213 g/mol. The van der Waals surface area contributed by atoms with E-state index in [1.807, 2.05) is 25.1 Å². The number of hydrogen-bond donors (Lipinski definition) is 1. The van der Waals surface area contributed by atoms with Crippen LogP contribution < -0.4 is 5.73 Å². The normalized spacial score (nSPS) is 9.81. The first kappa shape index (κ1) is 12.3. The lowest BCUT2D eigenvalue weighted by Crippen LogP contribution is -2.02. The minimum atomic E-state index is 0.777. The number of allylic oxidation sites excluding steroid dienone is 3. The van der Waals surface area contributed by atoms with E-state index in [2.05, 4.69) is 25.8 Å². The van der Waals surface area contributed by atoms with Gasteiger partial charge in [-0.1, -0.05) is 36.4 Å². The van der Waals surface area contributed by atoms with Gasteiger partial charge in [-0.25, -0.2) is 0 Å². The van der Waals surface area contributed by atoms with Gasteiger partial charge in [-0.3, -0.25) is 0 Å². The van der Waals surface area contributed by atoms with Crippen molar-refractivity contribution in [3.8, 4) is 0 Å². The Kier molecular flexibility index (Phi) is 4.12. The highest BCUT2D eigenvalue weighted by Crippen LogP contribution is 2.27. The van der Waals surface area contributed by atoms with Crippen LogP contribution in [0.3, 0.4) is 0 Å². The Morgan fingerprint density at radius 2 is 1.88 bits per heavy atom. The largest absolute Gasteiger partial charge is 0.398 e. The number of nitrogen functional groups attached to an aromatic ring is 1. The van der Waals surface area contributed by atoms with Crippen LogP contribution >= 0.6 is 0 Å². The highest BCUT2D eigenvalue weighted by Gasteiger charge is 2.09. The summed E-state index contributed by atoms with van der Waals surface area (Å²) in [6.07, 6.45) is 5.31. The van der Waals surface area contributed by atoms with E-state index < -0.39 is 0 Å². The van der Waals surface area contributed by atoms with E-state index in [0.29, 0.717) is 0 Å². The molecule has 0 fully saturated rings. The minimum Gasteiger partial charge on any atom is -0.398 e. The molecule has 0 aliphatic rings. The molecule has 1 aromatic rings. The zero-order valence-electron chi connectivity index (χ0n) is 9.92. The second-order valence-electron chi connectivity index (χ2n) is 3.93. The van der Waals surface area contributed by atoms with Gasteiger partial charge >= 0.3 is 0 Å². The smallest absolute Gasteiger partial charge is 0.0391 e. The van der Waals surface area contributed by atoms with E-state index in [0.717, 1.165) is 40.8 Å². The highest BCUT2D eigenvalue weighted by atomic mass is 14.6. The van der Waals surface area contributed by atoms with Gasteiger partial charge in [-0.2, -0.15) is 0 Å². The average Bonchev–Trinajstić information content (AvgIpc) is 2.24. The Balaban J connectivity index is 3.34. The Morgan fingerprint density at radius 3 is 2.38 bits per heavy atom. The van der Waals surface area contributed by atoms with Gasteiger partial charge in [0, 0.05) is 5.69 Å². The number of anilines is 1. The van der Waals surface area contributed by atoms with E-state index in [-0.39, 0.29) is 0 Å². The van der Waals surface area contributed by atoms with Crippen molar-refractivity contribution in [3.63, 3.8) is 0 Å². The summed E-state index contributed by atoms with van der Waals surface area (Å²) in [4.78, 5) is 0.